The molecule has 0 saturated heterocycles. The van der Waals surface area contributed by atoms with Gasteiger partial charge in [0.05, 0.1) is 17.7 Å². The Morgan fingerprint density at radius 1 is 0.973 bits per heavy atom. The number of hydrogen-bond donors (Lipinski definition) is 1. The monoisotopic (exact) mass is 543 g/mol. The van der Waals surface area contributed by atoms with Crippen LogP contribution in [0.25, 0.3) is 0 Å². The first-order valence-electron chi connectivity index (χ1n) is 11.7. The number of benzene rings is 3. The molecule has 0 saturated carbocycles. The van der Waals surface area contributed by atoms with E-state index < -0.39 is 28.5 Å². The normalized spacial score (nSPS) is 11.9. The first kappa shape index (κ1) is 28.0. The molecule has 0 aliphatic rings. The molecule has 0 aromatic heterocycles. The first-order valence-corrected chi connectivity index (χ1v) is 13.5. The minimum atomic E-state index is -4.13. The largest absolute Gasteiger partial charge is 0.497 e. The highest BCUT2D eigenvalue weighted by atomic mass is 35.5. The highest BCUT2D eigenvalue weighted by molar-refractivity contribution is 7.92. The Hall–Kier alpha value is -3.56. The van der Waals surface area contributed by atoms with E-state index in [9.17, 15) is 18.0 Å². The second-order valence-electron chi connectivity index (χ2n) is 8.24. The zero-order valence-corrected chi connectivity index (χ0v) is 22.5. The zero-order chi connectivity index (χ0) is 27.0. The fourth-order valence-corrected chi connectivity index (χ4v) is 5.23. The molecule has 0 aliphatic carbocycles. The average Bonchev–Trinajstić information content (AvgIpc) is 2.91. The summed E-state index contributed by atoms with van der Waals surface area (Å²) in [5.74, 6) is -0.366. The van der Waals surface area contributed by atoms with Crippen LogP contribution in [-0.2, 0) is 26.2 Å². The molecule has 3 rings (SSSR count). The van der Waals surface area contributed by atoms with Crippen molar-refractivity contribution in [1.82, 2.24) is 10.2 Å². The lowest BCUT2D eigenvalue weighted by Gasteiger charge is -2.32. The summed E-state index contributed by atoms with van der Waals surface area (Å²) in [6.07, 6.45) is 0. The molecule has 10 heteroatoms. The minimum absolute atomic E-state index is 0.00554. The van der Waals surface area contributed by atoms with Gasteiger partial charge in [-0.2, -0.15) is 0 Å². The molecule has 1 atom stereocenters. The maximum absolute atomic E-state index is 13.7. The summed E-state index contributed by atoms with van der Waals surface area (Å²) in [6.45, 7) is 3.39. The second kappa shape index (κ2) is 12.6. The van der Waals surface area contributed by atoms with Crippen molar-refractivity contribution in [3.8, 4) is 5.75 Å². The number of sulfonamides is 1. The molecule has 0 aliphatic heterocycles. The Morgan fingerprint density at radius 2 is 1.59 bits per heavy atom. The molecule has 0 spiro atoms. The third-order valence-electron chi connectivity index (χ3n) is 5.75. The van der Waals surface area contributed by atoms with Gasteiger partial charge in [0.1, 0.15) is 18.3 Å². The predicted molar refractivity (Wildman–Crippen MR) is 144 cm³/mol. The molecular weight excluding hydrogens is 514 g/mol. The summed E-state index contributed by atoms with van der Waals surface area (Å²) in [7, 11) is -2.64. The van der Waals surface area contributed by atoms with Crippen molar-refractivity contribution in [3.63, 3.8) is 0 Å². The fraction of sp³-hybridized carbons (Fsp3) is 0.259. The van der Waals surface area contributed by atoms with Gasteiger partial charge in [0.25, 0.3) is 10.0 Å². The van der Waals surface area contributed by atoms with Crippen LogP contribution in [0.5, 0.6) is 5.75 Å². The van der Waals surface area contributed by atoms with E-state index in [0.717, 1.165) is 9.87 Å². The molecule has 196 valence electrons. The number of carbonyl (C=O) groups excluding carboxylic acids is 2. The molecule has 3 aromatic carbocycles. The number of anilines is 1. The number of carbonyl (C=O) groups is 2. The van der Waals surface area contributed by atoms with Crippen LogP contribution in [0.2, 0.25) is 5.02 Å². The molecule has 0 bridgehead atoms. The Kier molecular flexibility index (Phi) is 9.54. The molecule has 0 fully saturated rings. The van der Waals surface area contributed by atoms with Crippen molar-refractivity contribution >= 4 is 39.1 Å². The number of hydrogen-bond acceptors (Lipinski definition) is 5. The number of nitrogens with one attached hydrogen (secondary N) is 1. The van der Waals surface area contributed by atoms with E-state index in [-0.39, 0.29) is 17.3 Å². The number of likely N-dealkylation sites (N-methyl/N-ethyl adjacent to an activating group) is 1. The number of ether oxygens (including phenoxy) is 1. The van der Waals surface area contributed by atoms with Gasteiger partial charge in [-0.3, -0.25) is 13.9 Å². The standard InChI is InChI=1S/C27H30ClN3O5S/c1-4-29-27(33)20(2)30(18-21-10-12-22(28)13-11-21)26(32)19-31(23-8-6-5-7-9-23)37(34,35)25-16-14-24(36-3)15-17-25/h5-17,20H,4,18-19H2,1-3H3,(H,29,33)/t20-/m1/s1. The Bertz CT molecular complexity index is 1300. The van der Waals surface area contributed by atoms with E-state index in [1.54, 1.807) is 80.6 Å². The predicted octanol–water partition coefficient (Wildman–Crippen LogP) is 4.10. The van der Waals surface area contributed by atoms with Gasteiger partial charge in [-0.1, -0.05) is 41.9 Å². The molecule has 3 aromatic rings. The van der Waals surface area contributed by atoms with Crippen LogP contribution in [0.4, 0.5) is 5.69 Å². The second-order valence-corrected chi connectivity index (χ2v) is 10.5. The summed E-state index contributed by atoms with van der Waals surface area (Å²) in [6, 6.07) is 20.4. The van der Waals surface area contributed by atoms with Crippen LogP contribution >= 0.6 is 11.6 Å². The van der Waals surface area contributed by atoms with Gasteiger partial charge in [0.2, 0.25) is 11.8 Å². The third-order valence-corrected chi connectivity index (χ3v) is 7.80. The third kappa shape index (κ3) is 7.02. The average molecular weight is 544 g/mol. The lowest BCUT2D eigenvalue weighted by atomic mass is 10.1. The van der Waals surface area contributed by atoms with Crippen molar-refractivity contribution in [2.24, 2.45) is 0 Å². The van der Waals surface area contributed by atoms with E-state index in [1.807, 2.05) is 0 Å². The van der Waals surface area contributed by atoms with Crippen LogP contribution in [0, 0.1) is 0 Å². The van der Waals surface area contributed by atoms with Crippen LogP contribution in [0.1, 0.15) is 19.4 Å². The SMILES string of the molecule is CCNC(=O)[C@@H](C)N(Cc1ccc(Cl)cc1)C(=O)CN(c1ccccc1)S(=O)(=O)c1ccc(OC)cc1. The van der Waals surface area contributed by atoms with Crippen molar-refractivity contribution in [2.75, 3.05) is 24.5 Å². The number of halogens is 1. The minimum Gasteiger partial charge on any atom is -0.497 e. The Balaban J connectivity index is 1.99. The first-order chi connectivity index (χ1) is 17.7. The van der Waals surface area contributed by atoms with Gasteiger partial charge in [0.15, 0.2) is 0 Å². The van der Waals surface area contributed by atoms with Gasteiger partial charge in [-0.05, 0) is 67.9 Å². The maximum atomic E-state index is 13.7. The van der Waals surface area contributed by atoms with Gasteiger partial charge in [-0.15, -0.1) is 0 Å². The molecule has 0 unspecified atom stereocenters. The van der Waals surface area contributed by atoms with E-state index in [4.69, 9.17) is 16.3 Å². The van der Waals surface area contributed by atoms with Crippen molar-refractivity contribution < 1.29 is 22.7 Å². The van der Waals surface area contributed by atoms with Gasteiger partial charge in [0, 0.05) is 18.1 Å². The number of rotatable bonds is 11. The topological polar surface area (TPSA) is 96.0 Å². The van der Waals surface area contributed by atoms with E-state index >= 15 is 0 Å². The Morgan fingerprint density at radius 3 is 2.16 bits per heavy atom. The quantitative estimate of drug-likeness (QED) is 0.393. The lowest BCUT2D eigenvalue weighted by Crippen LogP contribution is -2.51. The van der Waals surface area contributed by atoms with E-state index in [1.165, 1.54) is 24.1 Å². The highest BCUT2D eigenvalue weighted by Crippen LogP contribution is 2.26. The summed E-state index contributed by atoms with van der Waals surface area (Å²) in [5.41, 5.74) is 1.07. The van der Waals surface area contributed by atoms with Crippen molar-refractivity contribution in [1.29, 1.82) is 0 Å². The van der Waals surface area contributed by atoms with E-state index in [0.29, 0.717) is 23.0 Å². The van der Waals surface area contributed by atoms with Crippen LogP contribution < -0.4 is 14.4 Å². The maximum Gasteiger partial charge on any atom is 0.264 e. The summed E-state index contributed by atoms with van der Waals surface area (Å²) in [4.78, 5) is 27.8. The highest BCUT2D eigenvalue weighted by Gasteiger charge is 2.32. The molecule has 2 amide bonds. The smallest absolute Gasteiger partial charge is 0.264 e. The number of nitrogens with zero attached hydrogens (tertiary/aromatic N) is 2. The fourth-order valence-electron chi connectivity index (χ4n) is 3.69. The van der Waals surface area contributed by atoms with E-state index in [2.05, 4.69) is 5.32 Å². The summed E-state index contributed by atoms with van der Waals surface area (Å²) < 4.78 is 33.6. The number of para-hydroxylation sites is 1. The molecule has 8 nitrogen and oxygen atoms in total. The van der Waals surface area contributed by atoms with Crippen LogP contribution in [-0.4, -0.2) is 51.4 Å². The van der Waals surface area contributed by atoms with Gasteiger partial charge >= 0.3 is 0 Å². The molecule has 1 N–H and O–H groups in total. The number of amides is 2. The molecular formula is C27H30ClN3O5S. The Labute approximate surface area is 222 Å². The lowest BCUT2D eigenvalue weighted by molar-refractivity contribution is -0.139. The molecule has 0 radical (unpaired) electrons. The van der Waals surface area contributed by atoms with Gasteiger partial charge < -0.3 is 15.0 Å². The summed E-state index contributed by atoms with van der Waals surface area (Å²) >= 11 is 6.00. The van der Waals surface area contributed by atoms with Crippen molar-refractivity contribution in [3.05, 3.63) is 89.4 Å². The van der Waals surface area contributed by atoms with Gasteiger partial charge in [-0.25, -0.2) is 8.42 Å². The van der Waals surface area contributed by atoms with Crippen LogP contribution in [0.15, 0.2) is 83.8 Å². The van der Waals surface area contributed by atoms with Crippen molar-refractivity contribution in [2.45, 2.75) is 31.3 Å². The number of methoxy groups -OCH3 is 1. The molecule has 0 heterocycles. The molecule has 37 heavy (non-hydrogen) atoms. The zero-order valence-electron chi connectivity index (χ0n) is 20.9. The van der Waals surface area contributed by atoms with Crippen LogP contribution in [0.3, 0.4) is 0 Å². The summed E-state index contributed by atoms with van der Waals surface area (Å²) in [5, 5.41) is 3.27.